The van der Waals surface area contributed by atoms with E-state index >= 15 is 0 Å². The molecule has 18 heavy (non-hydrogen) atoms. The summed E-state index contributed by atoms with van der Waals surface area (Å²) in [6.07, 6.45) is 3.83. The number of rotatable bonds is 2. The number of H-pyrrole nitrogens is 1. The number of hydrogen-bond donors (Lipinski definition) is 2. The molecule has 2 N–H and O–H groups in total. The third-order valence-corrected chi connectivity index (χ3v) is 3.91. The fraction of sp³-hybridized carbons (Fsp3) is 0.467. The van der Waals surface area contributed by atoms with Gasteiger partial charge in [0.15, 0.2) is 0 Å². The number of aromatic amines is 1. The average molecular weight is 244 g/mol. The summed E-state index contributed by atoms with van der Waals surface area (Å²) >= 11 is 0. The maximum atomic E-state index is 5.43. The van der Waals surface area contributed by atoms with Gasteiger partial charge >= 0.3 is 0 Å². The number of hydrogen-bond acceptors (Lipinski definition) is 2. The van der Waals surface area contributed by atoms with Crippen LogP contribution in [0.1, 0.15) is 36.6 Å². The molecule has 3 nitrogen and oxygen atoms in total. The zero-order valence-corrected chi connectivity index (χ0v) is 11.0. The number of nitrogens with one attached hydrogen (secondary N) is 2. The molecule has 0 aliphatic carbocycles. The number of ether oxygens (including phenoxy) is 1. The Morgan fingerprint density at radius 2 is 2.17 bits per heavy atom. The van der Waals surface area contributed by atoms with Crippen molar-refractivity contribution in [2.75, 3.05) is 13.7 Å². The van der Waals surface area contributed by atoms with Gasteiger partial charge in [0.05, 0.1) is 12.6 Å². The summed E-state index contributed by atoms with van der Waals surface area (Å²) in [5.74, 6) is 0.928. The second-order valence-electron chi connectivity index (χ2n) is 5.05. The number of aromatic nitrogens is 1. The Labute approximate surface area is 108 Å². The largest absolute Gasteiger partial charge is 0.495 e. The molecule has 3 rings (SSSR count). The molecule has 0 bridgehead atoms. The highest BCUT2D eigenvalue weighted by atomic mass is 16.5. The van der Waals surface area contributed by atoms with E-state index in [0.29, 0.717) is 6.04 Å². The Hall–Kier alpha value is -1.48. The van der Waals surface area contributed by atoms with E-state index in [4.69, 9.17) is 4.74 Å². The molecule has 0 spiro atoms. The van der Waals surface area contributed by atoms with E-state index < -0.39 is 0 Å². The Kier molecular flexibility index (Phi) is 3.00. The molecular formula is C15H20N2O. The fourth-order valence-corrected chi connectivity index (χ4v) is 3.06. The van der Waals surface area contributed by atoms with Crippen molar-refractivity contribution in [1.82, 2.24) is 10.3 Å². The summed E-state index contributed by atoms with van der Waals surface area (Å²) in [7, 11) is 1.73. The van der Waals surface area contributed by atoms with Crippen LogP contribution in [0.3, 0.4) is 0 Å². The third kappa shape index (κ3) is 1.79. The number of fused-ring (bicyclic) bond motifs is 1. The van der Waals surface area contributed by atoms with Crippen LogP contribution >= 0.6 is 0 Å². The lowest BCUT2D eigenvalue weighted by molar-refractivity contribution is 0.413. The summed E-state index contributed by atoms with van der Waals surface area (Å²) in [5.41, 5.74) is 3.80. The molecule has 0 amide bonds. The lowest BCUT2D eigenvalue weighted by Crippen LogP contribution is -2.27. The minimum Gasteiger partial charge on any atom is -0.495 e. The van der Waals surface area contributed by atoms with Crippen molar-refractivity contribution in [3.8, 4) is 5.75 Å². The smallest absolute Gasteiger partial charge is 0.142 e. The third-order valence-electron chi connectivity index (χ3n) is 3.91. The Morgan fingerprint density at radius 3 is 2.89 bits per heavy atom. The second kappa shape index (κ2) is 4.65. The zero-order valence-electron chi connectivity index (χ0n) is 11.0. The molecule has 96 valence electrons. The molecule has 0 radical (unpaired) electrons. The van der Waals surface area contributed by atoms with Crippen LogP contribution in [-0.4, -0.2) is 18.6 Å². The number of aryl methyl sites for hydroxylation is 1. The Balaban J connectivity index is 2.13. The van der Waals surface area contributed by atoms with Crippen LogP contribution in [0, 0.1) is 6.92 Å². The first-order valence-corrected chi connectivity index (χ1v) is 6.70. The first-order chi connectivity index (χ1) is 8.81. The van der Waals surface area contributed by atoms with Crippen LogP contribution < -0.4 is 10.1 Å². The monoisotopic (exact) mass is 244 g/mol. The van der Waals surface area contributed by atoms with Crippen LogP contribution in [0.25, 0.3) is 10.9 Å². The molecule has 1 fully saturated rings. The highest BCUT2D eigenvalue weighted by Gasteiger charge is 2.21. The van der Waals surface area contributed by atoms with Crippen LogP contribution in [0.5, 0.6) is 5.75 Å². The standard InChI is InChI=1S/C15H20N2O/c1-10-14(12-7-3-4-9-16-12)11-6-5-8-13(18-2)15(11)17-10/h5-6,8,12,16-17H,3-4,7,9H2,1-2H3. The summed E-state index contributed by atoms with van der Waals surface area (Å²) in [5, 5.41) is 4.93. The van der Waals surface area contributed by atoms with Crippen LogP contribution in [0.15, 0.2) is 18.2 Å². The number of piperidine rings is 1. The van der Waals surface area contributed by atoms with Gasteiger partial charge in [-0.05, 0) is 37.9 Å². The molecule has 1 unspecified atom stereocenters. The van der Waals surface area contributed by atoms with Crippen LogP contribution in [0.4, 0.5) is 0 Å². The minimum atomic E-state index is 0.486. The van der Waals surface area contributed by atoms with E-state index in [1.165, 1.54) is 35.9 Å². The number of benzene rings is 1. The summed E-state index contributed by atoms with van der Waals surface area (Å²) in [4.78, 5) is 3.48. The van der Waals surface area contributed by atoms with Crippen molar-refractivity contribution in [3.63, 3.8) is 0 Å². The maximum absolute atomic E-state index is 5.43. The van der Waals surface area contributed by atoms with Gasteiger partial charge in [0, 0.05) is 17.1 Å². The van der Waals surface area contributed by atoms with Gasteiger partial charge in [-0.1, -0.05) is 18.6 Å². The van der Waals surface area contributed by atoms with E-state index in [1.807, 2.05) is 6.07 Å². The van der Waals surface area contributed by atoms with Crippen molar-refractivity contribution in [1.29, 1.82) is 0 Å². The van der Waals surface area contributed by atoms with Gasteiger partial charge < -0.3 is 15.0 Å². The first-order valence-electron chi connectivity index (χ1n) is 6.70. The predicted octanol–water partition coefficient (Wildman–Crippen LogP) is 3.30. The van der Waals surface area contributed by atoms with Gasteiger partial charge in [0.1, 0.15) is 5.75 Å². The van der Waals surface area contributed by atoms with Gasteiger partial charge in [-0.3, -0.25) is 0 Å². The molecule has 1 aliphatic rings. The highest BCUT2D eigenvalue weighted by molar-refractivity contribution is 5.90. The molecule has 1 aromatic carbocycles. The molecule has 1 aromatic heterocycles. The van der Waals surface area contributed by atoms with E-state index in [9.17, 15) is 0 Å². The van der Waals surface area contributed by atoms with Crippen LogP contribution in [0.2, 0.25) is 0 Å². The Bertz CT molecular complexity index is 553. The zero-order chi connectivity index (χ0) is 12.5. The van der Waals surface area contributed by atoms with Gasteiger partial charge in [-0.2, -0.15) is 0 Å². The molecular weight excluding hydrogens is 224 g/mol. The SMILES string of the molecule is COc1cccc2c(C3CCCCN3)c(C)[nH]c12. The molecule has 1 atom stereocenters. The van der Waals surface area contributed by atoms with Crippen LogP contribution in [-0.2, 0) is 0 Å². The van der Waals surface area contributed by atoms with Gasteiger partial charge in [-0.25, -0.2) is 0 Å². The molecule has 3 heteroatoms. The van der Waals surface area contributed by atoms with Gasteiger partial charge in [0.2, 0.25) is 0 Å². The van der Waals surface area contributed by atoms with Crippen molar-refractivity contribution >= 4 is 10.9 Å². The summed E-state index contributed by atoms with van der Waals surface area (Å²) in [6, 6.07) is 6.75. The molecule has 2 aromatic rings. The second-order valence-corrected chi connectivity index (χ2v) is 5.05. The van der Waals surface area contributed by atoms with Crippen molar-refractivity contribution in [2.45, 2.75) is 32.2 Å². The fourth-order valence-electron chi connectivity index (χ4n) is 3.06. The molecule has 1 saturated heterocycles. The predicted molar refractivity (Wildman–Crippen MR) is 74.2 cm³/mol. The first kappa shape index (κ1) is 11.6. The maximum Gasteiger partial charge on any atom is 0.142 e. The quantitative estimate of drug-likeness (QED) is 0.850. The summed E-state index contributed by atoms with van der Waals surface area (Å²) < 4.78 is 5.43. The van der Waals surface area contributed by atoms with Crippen molar-refractivity contribution < 1.29 is 4.74 Å². The lowest BCUT2D eigenvalue weighted by atomic mass is 9.95. The topological polar surface area (TPSA) is 37.0 Å². The average Bonchev–Trinajstić information content (AvgIpc) is 2.75. The highest BCUT2D eigenvalue weighted by Crippen LogP contribution is 2.35. The van der Waals surface area contributed by atoms with E-state index in [0.717, 1.165) is 17.8 Å². The van der Waals surface area contributed by atoms with Gasteiger partial charge in [0.25, 0.3) is 0 Å². The van der Waals surface area contributed by atoms with E-state index in [2.05, 4.69) is 29.4 Å². The van der Waals surface area contributed by atoms with E-state index in [1.54, 1.807) is 7.11 Å². The van der Waals surface area contributed by atoms with Gasteiger partial charge in [-0.15, -0.1) is 0 Å². The van der Waals surface area contributed by atoms with E-state index in [-0.39, 0.29) is 0 Å². The number of methoxy groups -OCH3 is 1. The number of para-hydroxylation sites is 1. The molecule has 0 saturated carbocycles. The Morgan fingerprint density at radius 1 is 1.28 bits per heavy atom. The molecule has 2 heterocycles. The lowest BCUT2D eigenvalue weighted by Gasteiger charge is -2.24. The normalized spacial score (nSPS) is 20.2. The van der Waals surface area contributed by atoms with Crippen molar-refractivity contribution in [2.24, 2.45) is 0 Å². The summed E-state index contributed by atoms with van der Waals surface area (Å²) in [6.45, 7) is 3.28. The minimum absolute atomic E-state index is 0.486. The van der Waals surface area contributed by atoms with Crippen molar-refractivity contribution in [3.05, 3.63) is 29.5 Å². The molecule has 1 aliphatic heterocycles.